The molecule has 21 heavy (non-hydrogen) atoms. The van der Waals surface area contributed by atoms with Crippen molar-refractivity contribution in [1.29, 1.82) is 0 Å². The molecule has 0 amide bonds. The van der Waals surface area contributed by atoms with Gasteiger partial charge in [0.1, 0.15) is 0 Å². The Kier molecular flexibility index (Phi) is 4.18. The lowest BCUT2D eigenvalue weighted by Crippen LogP contribution is -1.98. The first-order valence-electron chi connectivity index (χ1n) is 7.03. The van der Waals surface area contributed by atoms with Crippen molar-refractivity contribution in [2.45, 2.75) is 12.3 Å². The lowest BCUT2D eigenvalue weighted by Gasteiger charge is -1.99. The number of hydrogen-bond acceptors (Lipinski definition) is 3. The Morgan fingerprint density at radius 2 is 2.00 bits per heavy atom. The number of nitrogens with zero attached hydrogens (tertiary/aromatic N) is 1. The Morgan fingerprint density at radius 3 is 2.71 bits per heavy atom. The van der Waals surface area contributed by atoms with Crippen LogP contribution in [0.25, 0.3) is 10.9 Å². The van der Waals surface area contributed by atoms with E-state index in [1.54, 1.807) is 23.5 Å². The van der Waals surface area contributed by atoms with E-state index >= 15 is 0 Å². The molecule has 2 atom stereocenters. The van der Waals surface area contributed by atoms with E-state index in [2.05, 4.69) is 42.1 Å². The second-order valence-electron chi connectivity index (χ2n) is 5.44. The number of aromatic nitrogens is 1. The zero-order valence-corrected chi connectivity index (χ0v) is 14.1. The average molecular weight is 317 g/mol. The monoisotopic (exact) mass is 317 g/mol. The van der Waals surface area contributed by atoms with Crippen LogP contribution in [0.3, 0.4) is 0 Å². The SMILES string of the molecule is CSC(=CC(=O)[C@H]1C[C@@H]1c1cn(C)c2ccccc12)SC. The highest BCUT2D eigenvalue weighted by Gasteiger charge is 2.44. The van der Waals surface area contributed by atoms with Crippen LogP contribution >= 0.6 is 23.5 Å². The molecule has 3 rings (SSSR count). The predicted molar refractivity (Wildman–Crippen MR) is 93.9 cm³/mol. The minimum Gasteiger partial charge on any atom is -0.350 e. The van der Waals surface area contributed by atoms with E-state index in [1.165, 1.54) is 16.5 Å². The molecular weight excluding hydrogens is 298 g/mol. The predicted octanol–water partition coefficient (Wildman–Crippen LogP) is 4.42. The number of fused-ring (bicyclic) bond motifs is 1. The van der Waals surface area contributed by atoms with Crippen molar-refractivity contribution in [2.24, 2.45) is 13.0 Å². The molecule has 1 fully saturated rings. The van der Waals surface area contributed by atoms with Gasteiger partial charge in [-0.15, -0.1) is 23.5 Å². The molecule has 0 spiro atoms. The maximum absolute atomic E-state index is 12.4. The lowest BCUT2D eigenvalue weighted by atomic mass is 10.1. The van der Waals surface area contributed by atoms with Gasteiger partial charge in [-0.25, -0.2) is 0 Å². The van der Waals surface area contributed by atoms with E-state index in [1.807, 2.05) is 18.6 Å². The number of thioether (sulfide) groups is 2. The third-order valence-corrected chi connectivity index (χ3v) is 6.19. The molecule has 0 unspecified atom stereocenters. The molecule has 1 aliphatic carbocycles. The number of allylic oxidation sites excluding steroid dienone is 1. The largest absolute Gasteiger partial charge is 0.350 e. The molecule has 110 valence electrons. The zero-order chi connectivity index (χ0) is 15.0. The van der Waals surface area contributed by atoms with Crippen LogP contribution in [0, 0.1) is 5.92 Å². The van der Waals surface area contributed by atoms with Crippen LogP contribution in [0.15, 0.2) is 40.8 Å². The Hall–Kier alpha value is -1.13. The molecule has 1 aliphatic rings. The van der Waals surface area contributed by atoms with Crippen molar-refractivity contribution >= 4 is 40.2 Å². The summed E-state index contributed by atoms with van der Waals surface area (Å²) in [6, 6.07) is 8.44. The molecular formula is C17H19NOS2. The van der Waals surface area contributed by atoms with Gasteiger partial charge in [-0.05, 0) is 36.5 Å². The van der Waals surface area contributed by atoms with E-state index in [9.17, 15) is 4.79 Å². The normalized spacial score (nSPS) is 20.5. The minimum atomic E-state index is 0.171. The van der Waals surface area contributed by atoms with Gasteiger partial charge in [0.2, 0.25) is 0 Å². The summed E-state index contributed by atoms with van der Waals surface area (Å²) in [5.41, 5.74) is 2.57. The van der Waals surface area contributed by atoms with Crippen molar-refractivity contribution in [3.8, 4) is 0 Å². The van der Waals surface area contributed by atoms with Crippen LogP contribution in [-0.2, 0) is 11.8 Å². The Labute approximate surface area is 134 Å². The maximum atomic E-state index is 12.4. The molecule has 4 heteroatoms. The zero-order valence-electron chi connectivity index (χ0n) is 12.5. The number of aryl methyl sites for hydroxylation is 1. The Morgan fingerprint density at radius 1 is 1.29 bits per heavy atom. The molecule has 0 saturated heterocycles. The van der Waals surface area contributed by atoms with Crippen molar-refractivity contribution < 1.29 is 4.79 Å². The van der Waals surface area contributed by atoms with E-state index in [0.717, 1.165) is 10.7 Å². The van der Waals surface area contributed by atoms with Gasteiger partial charge in [0.25, 0.3) is 0 Å². The van der Waals surface area contributed by atoms with Gasteiger partial charge in [0.15, 0.2) is 5.78 Å². The molecule has 2 nitrogen and oxygen atoms in total. The fourth-order valence-corrected chi connectivity index (χ4v) is 4.08. The summed E-state index contributed by atoms with van der Waals surface area (Å²) in [7, 11) is 2.07. The topological polar surface area (TPSA) is 22.0 Å². The molecule has 0 radical (unpaired) electrons. The summed E-state index contributed by atoms with van der Waals surface area (Å²) in [6.07, 6.45) is 9.04. The first-order valence-corrected chi connectivity index (χ1v) is 9.48. The molecule has 2 aromatic rings. The van der Waals surface area contributed by atoms with E-state index in [0.29, 0.717) is 5.92 Å². The third-order valence-electron chi connectivity index (χ3n) is 4.15. The highest BCUT2D eigenvalue weighted by molar-refractivity contribution is 8.21. The summed E-state index contributed by atoms with van der Waals surface area (Å²) in [4.78, 5) is 12.4. The van der Waals surface area contributed by atoms with Crippen LogP contribution in [0.4, 0.5) is 0 Å². The molecule has 1 aromatic carbocycles. The van der Waals surface area contributed by atoms with Crippen LogP contribution in [0.5, 0.6) is 0 Å². The molecule has 1 aromatic heterocycles. The molecule has 0 bridgehead atoms. The maximum Gasteiger partial charge on any atom is 0.161 e. The van der Waals surface area contributed by atoms with Gasteiger partial charge in [0, 0.05) is 40.4 Å². The third kappa shape index (κ3) is 2.79. The fraction of sp³-hybridized carbons (Fsp3) is 0.353. The first kappa shape index (κ1) is 14.8. The number of para-hydroxylation sites is 1. The number of carbonyl (C=O) groups is 1. The second kappa shape index (κ2) is 5.93. The van der Waals surface area contributed by atoms with Crippen LogP contribution in [-0.4, -0.2) is 22.9 Å². The summed E-state index contributed by atoms with van der Waals surface area (Å²) in [6.45, 7) is 0. The summed E-state index contributed by atoms with van der Waals surface area (Å²) in [5.74, 6) is 0.849. The smallest absolute Gasteiger partial charge is 0.161 e. The Bertz CT molecular complexity index is 711. The van der Waals surface area contributed by atoms with Crippen molar-refractivity contribution in [3.05, 3.63) is 46.3 Å². The number of carbonyl (C=O) groups excluding carboxylic acids is 1. The second-order valence-corrected chi connectivity index (χ2v) is 7.39. The van der Waals surface area contributed by atoms with Crippen molar-refractivity contribution in [1.82, 2.24) is 4.57 Å². The molecule has 1 saturated carbocycles. The van der Waals surface area contributed by atoms with Crippen LogP contribution in [0.1, 0.15) is 17.9 Å². The standard InChI is InChI=1S/C17H19NOS2/c1-18-10-14(11-6-4-5-7-15(11)18)12-8-13(12)16(19)9-17(20-2)21-3/h4-7,9-10,12-13H,8H2,1-3H3/t12-,13-/m0/s1. The lowest BCUT2D eigenvalue weighted by molar-refractivity contribution is -0.115. The number of ketones is 1. The van der Waals surface area contributed by atoms with E-state index < -0.39 is 0 Å². The van der Waals surface area contributed by atoms with Gasteiger partial charge in [-0.2, -0.15) is 0 Å². The number of hydrogen-bond donors (Lipinski definition) is 0. The summed E-state index contributed by atoms with van der Waals surface area (Å²) < 4.78 is 3.26. The van der Waals surface area contributed by atoms with Gasteiger partial charge in [0.05, 0.1) is 0 Å². The van der Waals surface area contributed by atoms with Gasteiger partial charge in [-0.1, -0.05) is 18.2 Å². The van der Waals surface area contributed by atoms with Gasteiger partial charge >= 0.3 is 0 Å². The highest BCUT2D eigenvalue weighted by atomic mass is 32.2. The van der Waals surface area contributed by atoms with E-state index in [4.69, 9.17) is 0 Å². The number of rotatable bonds is 5. The van der Waals surface area contributed by atoms with Gasteiger partial charge < -0.3 is 4.57 Å². The van der Waals surface area contributed by atoms with E-state index in [-0.39, 0.29) is 11.7 Å². The minimum absolute atomic E-state index is 0.171. The van der Waals surface area contributed by atoms with Crippen molar-refractivity contribution in [3.63, 3.8) is 0 Å². The average Bonchev–Trinajstić information content (AvgIpc) is 3.24. The van der Waals surface area contributed by atoms with Crippen molar-refractivity contribution in [2.75, 3.05) is 12.5 Å². The molecule has 1 heterocycles. The summed E-state index contributed by atoms with van der Waals surface area (Å²) >= 11 is 3.29. The first-order chi connectivity index (χ1) is 10.2. The Balaban J connectivity index is 1.84. The fourth-order valence-electron chi connectivity index (χ4n) is 2.95. The molecule has 0 N–H and O–H groups in total. The van der Waals surface area contributed by atoms with Gasteiger partial charge in [-0.3, -0.25) is 4.79 Å². The van der Waals surface area contributed by atoms with Crippen LogP contribution < -0.4 is 0 Å². The quantitative estimate of drug-likeness (QED) is 0.762. The summed E-state index contributed by atoms with van der Waals surface area (Å²) in [5, 5.41) is 1.29. The van der Waals surface area contributed by atoms with Crippen LogP contribution in [0.2, 0.25) is 0 Å². The highest BCUT2D eigenvalue weighted by Crippen LogP contribution is 2.50. The number of benzene rings is 1. The molecule has 0 aliphatic heterocycles.